The van der Waals surface area contributed by atoms with Crippen molar-refractivity contribution in [2.24, 2.45) is 5.92 Å². The van der Waals surface area contributed by atoms with Crippen molar-refractivity contribution in [1.29, 1.82) is 0 Å². The Morgan fingerprint density at radius 2 is 1.71 bits per heavy atom. The molecule has 2 heterocycles. The Morgan fingerprint density at radius 3 is 2.32 bits per heavy atom. The second kappa shape index (κ2) is 8.78. The van der Waals surface area contributed by atoms with Gasteiger partial charge >= 0.3 is 6.03 Å². The molecule has 1 aliphatic carbocycles. The SMILES string of the molecule is CN(Cc1cn(-c2ccccc2)nc1-c1ccccc1)C(=O)C1CCC2(CC1)NC(=O)NC2=O. The van der Waals surface area contributed by atoms with Crippen molar-refractivity contribution in [1.82, 2.24) is 25.3 Å². The van der Waals surface area contributed by atoms with Crippen LogP contribution in [0.3, 0.4) is 0 Å². The number of hydrogen-bond donors (Lipinski definition) is 2. The minimum absolute atomic E-state index is 0.0473. The van der Waals surface area contributed by atoms with Crippen molar-refractivity contribution in [3.8, 4) is 16.9 Å². The van der Waals surface area contributed by atoms with Gasteiger partial charge in [0.2, 0.25) is 5.91 Å². The minimum Gasteiger partial charge on any atom is -0.341 e. The molecule has 1 aliphatic heterocycles. The average Bonchev–Trinajstić information content (AvgIpc) is 3.40. The number of rotatable bonds is 5. The van der Waals surface area contributed by atoms with Crippen LogP contribution in [0.5, 0.6) is 0 Å². The van der Waals surface area contributed by atoms with Crippen molar-refractivity contribution < 1.29 is 14.4 Å². The first-order valence-corrected chi connectivity index (χ1v) is 11.5. The lowest BCUT2D eigenvalue weighted by Crippen LogP contribution is -2.50. The van der Waals surface area contributed by atoms with Crippen LogP contribution in [0.2, 0.25) is 0 Å². The molecule has 1 aromatic heterocycles. The van der Waals surface area contributed by atoms with E-state index in [1.807, 2.05) is 78.6 Å². The van der Waals surface area contributed by atoms with E-state index in [4.69, 9.17) is 5.10 Å². The number of urea groups is 1. The van der Waals surface area contributed by atoms with Crippen LogP contribution in [0.1, 0.15) is 31.2 Å². The standard InChI is InChI=1S/C26H27N5O3/c1-30(23(32)19-12-14-26(15-13-19)24(33)27-25(34)28-26)16-20-17-31(21-10-6-3-7-11-21)29-22(20)18-8-4-2-5-9-18/h2-11,17,19H,12-16H2,1H3,(H2,27,28,33,34). The van der Waals surface area contributed by atoms with Crippen molar-refractivity contribution in [3.63, 3.8) is 0 Å². The largest absolute Gasteiger partial charge is 0.341 e. The molecule has 0 unspecified atom stereocenters. The molecule has 0 atom stereocenters. The number of carbonyl (C=O) groups excluding carboxylic acids is 3. The monoisotopic (exact) mass is 457 g/mol. The normalized spacial score (nSPS) is 21.9. The van der Waals surface area contributed by atoms with Crippen LogP contribution in [0, 0.1) is 5.92 Å². The summed E-state index contributed by atoms with van der Waals surface area (Å²) in [5.41, 5.74) is 2.90. The molecule has 2 aliphatic rings. The second-order valence-corrected chi connectivity index (χ2v) is 9.11. The smallest absolute Gasteiger partial charge is 0.322 e. The molecular formula is C26H27N5O3. The molecule has 1 saturated heterocycles. The molecule has 2 fully saturated rings. The van der Waals surface area contributed by atoms with E-state index in [0.717, 1.165) is 22.5 Å². The fraction of sp³-hybridized carbons (Fsp3) is 0.308. The minimum atomic E-state index is -0.857. The van der Waals surface area contributed by atoms with Gasteiger partial charge in [0.05, 0.1) is 11.4 Å². The van der Waals surface area contributed by atoms with E-state index in [-0.39, 0.29) is 17.7 Å². The van der Waals surface area contributed by atoms with Gasteiger partial charge in [-0.15, -0.1) is 0 Å². The summed E-state index contributed by atoms with van der Waals surface area (Å²) in [6.45, 7) is 0.425. The van der Waals surface area contributed by atoms with Crippen LogP contribution < -0.4 is 10.6 Å². The summed E-state index contributed by atoms with van der Waals surface area (Å²) in [5, 5.41) is 9.91. The van der Waals surface area contributed by atoms with E-state index < -0.39 is 11.6 Å². The molecule has 8 heteroatoms. The van der Waals surface area contributed by atoms with Crippen molar-refractivity contribution in [2.75, 3.05) is 7.05 Å². The van der Waals surface area contributed by atoms with Gasteiger partial charge in [0.25, 0.3) is 5.91 Å². The third-order valence-corrected chi connectivity index (χ3v) is 6.84. The van der Waals surface area contributed by atoms with E-state index in [9.17, 15) is 14.4 Å². The van der Waals surface area contributed by atoms with Gasteiger partial charge in [-0.2, -0.15) is 5.10 Å². The highest BCUT2D eigenvalue weighted by Gasteiger charge is 2.49. The first-order valence-electron chi connectivity index (χ1n) is 11.5. The molecule has 2 N–H and O–H groups in total. The average molecular weight is 458 g/mol. The highest BCUT2D eigenvalue weighted by Crippen LogP contribution is 2.35. The summed E-state index contributed by atoms with van der Waals surface area (Å²) in [6, 6.07) is 19.4. The predicted molar refractivity (Wildman–Crippen MR) is 127 cm³/mol. The first kappa shape index (κ1) is 21.9. The van der Waals surface area contributed by atoms with Crippen molar-refractivity contribution >= 4 is 17.8 Å². The third-order valence-electron chi connectivity index (χ3n) is 6.84. The number of carbonyl (C=O) groups is 3. The van der Waals surface area contributed by atoms with Crippen molar-refractivity contribution in [2.45, 2.75) is 37.8 Å². The van der Waals surface area contributed by atoms with Gasteiger partial charge < -0.3 is 10.2 Å². The molecule has 1 spiro atoms. The van der Waals surface area contributed by atoms with Gasteiger partial charge in [-0.05, 0) is 37.8 Å². The first-order chi connectivity index (χ1) is 16.4. The summed E-state index contributed by atoms with van der Waals surface area (Å²) < 4.78 is 1.85. The lowest BCUT2D eigenvalue weighted by atomic mass is 9.76. The van der Waals surface area contributed by atoms with Crippen LogP contribution in [0.25, 0.3) is 16.9 Å². The zero-order valence-corrected chi connectivity index (χ0v) is 19.0. The van der Waals surface area contributed by atoms with Gasteiger partial charge in [-0.25, -0.2) is 9.48 Å². The van der Waals surface area contributed by atoms with E-state index in [0.29, 0.717) is 32.2 Å². The predicted octanol–water partition coefficient (Wildman–Crippen LogP) is 3.27. The molecular weight excluding hydrogens is 430 g/mol. The van der Waals surface area contributed by atoms with E-state index in [1.54, 1.807) is 4.90 Å². The Labute approximate surface area is 197 Å². The summed E-state index contributed by atoms with van der Waals surface area (Å²) in [5.74, 6) is -0.408. The molecule has 8 nitrogen and oxygen atoms in total. The van der Waals surface area contributed by atoms with Crippen LogP contribution in [0.15, 0.2) is 66.9 Å². The Hall–Kier alpha value is -3.94. The molecule has 4 amide bonds. The third kappa shape index (κ3) is 4.07. The molecule has 34 heavy (non-hydrogen) atoms. The number of imide groups is 1. The highest BCUT2D eigenvalue weighted by atomic mass is 16.2. The Balaban J connectivity index is 1.33. The van der Waals surface area contributed by atoms with Crippen LogP contribution in [-0.2, 0) is 16.1 Å². The van der Waals surface area contributed by atoms with Crippen LogP contribution in [0.4, 0.5) is 4.79 Å². The fourth-order valence-corrected chi connectivity index (χ4v) is 4.96. The topological polar surface area (TPSA) is 96.3 Å². The molecule has 1 saturated carbocycles. The van der Waals surface area contributed by atoms with Crippen molar-refractivity contribution in [3.05, 3.63) is 72.4 Å². The molecule has 174 valence electrons. The van der Waals surface area contributed by atoms with E-state index >= 15 is 0 Å². The van der Waals surface area contributed by atoms with Crippen LogP contribution in [-0.4, -0.2) is 45.1 Å². The second-order valence-electron chi connectivity index (χ2n) is 9.11. The van der Waals surface area contributed by atoms with Gasteiger partial charge in [-0.3, -0.25) is 14.9 Å². The van der Waals surface area contributed by atoms with E-state index in [2.05, 4.69) is 10.6 Å². The zero-order chi connectivity index (χ0) is 23.7. The summed E-state index contributed by atoms with van der Waals surface area (Å²) in [4.78, 5) is 38.8. The number of para-hydroxylation sites is 1. The van der Waals surface area contributed by atoms with Gasteiger partial charge in [-0.1, -0.05) is 48.5 Å². The van der Waals surface area contributed by atoms with Crippen LogP contribution >= 0.6 is 0 Å². The Morgan fingerprint density at radius 1 is 1.06 bits per heavy atom. The maximum absolute atomic E-state index is 13.3. The molecule has 0 radical (unpaired) electrons. The number of hydrogen-bond acceptors (Lipinski definition) is 4. The fourth-order valence-electron chi connectivity index (χ4n) is 4.96. The number of amides is 4. The lowest BCUT2D eigenvalue weighted by Gasteiger charge is -2.35. The number of aromatic nitrogens is 2. The summed E-state index contributed by atoms with van der Waals surface area (Å²) in [6.07, 6.45) is 4.04. The number of nitrogens with zero attached hydrogens (tertiary/aromatic N) is 3. The van der Waals surface area contributed by atoms with E-state index in [1.165, 1.54) is 0 Å². The van der Waals surface area contributed by atoms with Gasteiger partial charge in [0.15, 0.2) is 0 Å². The maximum atomic E-state index is 13.3. The Kier molecular flexibility index (Phi) is 5.65. The summed E-state index contributed by atoms with van der Waals surface area (Å²) >= 11 is 0. The summed E-state index contributed by atoms with van der Waals surface area (Å²) in [7, 11) is 1.81. The number of nitrogens with one attached hydrogen (secondary N) is 2. The molecule has 3 aromatic rings. The van der Waals surface area contributed by atoms with Gasteiger partial charge in [0.1, 0.15) is 5.54 Å². The quantitative estimate of drug-likeness (QED) is 0.575. The maximum Gasteiger partial charge on any atom is 0.322 e. The lowest BCUT2D eigenvalue weighted by molar-refractivity contribution is -0.137. The molecule has 0 bridgehead atoms. The number of benzene rings is 2. The zero-order valence-electron chi connectivity index (χ0n) is 19.0. The molecule has 5 rings (SSSR count). The Bertz CT molecular complexity index is 1210. The van der Waals surface area contributed by atoms with Gasteiger partial charge in [0, 0.05) is 36.8 Å². The molecule has 2 aromatic carbocycles. The highest BCUT2D eigenvalue weighted by molar-refractivity contribution is 6.07.